The fourth-order valence-corrected chi connectivity index (χ4v) is 4.51. The van der Waals surface area contributed by atoms with Gasteiger partial charge in [-0.15, -0.1) is 11.6 Å². The topological polar surface area (TPSA) is 85.4 Å². The molecule has 0 unspecified atom stereocenters. The van der Waals surface area contributed by atoms with Crippen LogP contribution in [0.25, 0.3) is 0 Å². The molecule has 1 aromatic rings. The second-order valence-corrected chi connectivity index (χ2v) is 10.4. The summed E-state index contributed by atoms with van der Waals surface area (Å²) in [4.78, 5) is 40.4. The Morgan fingerprint density at radius 2 is 1.55 bits per heavy atom. The number of hydrogen-bond acceptors (Lipinski definition) is 6. The first-order valence-electron chi connectivity index (χ1n) is 10.1. The predicted molar refractivity (Wildman–Crippen MR) is 115 cm³/mol. The van der Waals surface area contributed by atoms with E-state index >= 15 is 0 Å². The van der Waals surface area contributed by atoms with Crippen LogP contribution in [0.5, 0.6) is 0 Å². The van der Waals surface area contributed by atoms with Crippen molar-refractivity contribution in [1.29, 1.82) is 0 Å². The summed E-state index contributed by atoms with van der Waals surface area (Å²) >= 11 is 7.11. The molecular formula is C22H29ClN2O6. The van der Waals surface area contributed by atoms with E-state index in [9.17, 15) is 14.4 Å². The van der Waals surface area contributed by atoms with Crippen LogP contribution in [0.4, 0.5) is 15.3 Å². The number of ether oxygens (including phenoxy) is 3. The summed E-state index contributed by atoms with van der Waals surface area (Å²) < 4.78 is 16.1. The van der Waals surface area contributed by atoms with Gasteiger partial charge in [0.1, 0.15) is 28.3 Å². The second-order valence-electron chi connectivity index (χ2n) is 9.73. The molecule has 0 radical (unpaired) electrons. The summed E-state index contributed by atoms with van der Waals surface area (Å²) in [6, 6.07) is 6.06. The highest BCUT2D eigenvalue weighted by Gasteiger charge is 2.65. The van der Waals surface area contributed by atoms with Crippen molar-refractivity contribution in [2.75, 3.05) is 12.0 Å². The minimum Gasteiger partial charge on any atom is -0.467 e. The largest absolute Gasteiger partial charge is 0.467 e. The maximum atomic E-state index is 13.3. The molecule has 0 spiro atoms. The number of likely N-dealkylation sites (tertiary alicyclic amines) is 1. The smallest absolute Gasteiger partial charge is 0.416 e. The molecule has 1 fully saturated rings. The van der Waals surface area contributed by atoms with E-state index in [1.54, 1.807) is 65.8 Å². The van der Waals surface area contributed by atoms with Gasteiger partial charge in [0.25, 0.3) is 0 Å². The number of fused-ring (bicyclic) bond motifs is 3. The van der Waals surface area contributed by atoms with Gasteiger partial charge in [0, 0.05) is 12.0 Å². The standard InChI is InChI=1S/C22H29ClN2O6/c1-20(2,3)30-18(27)24-14-11-9-8-10-13(14)22(23)12-15(16(26)29-7)25(17(22)24)19(28)31-21(4,5)6/h8-11,15,17H,12H2,1-7H3/t15-,17+,22-/m0/s1. The molecule has 1 saturated heterocycles. The lowest BCUT2D eigenvalue weighted by atomic mass is 9.95. The first-order valence-corrected chi connectivity index (χ1v) is 10.5. The molecule has 0 aliphatic carbocycles. The zero-order valence-electron chi connectivity index (χ0n) is 18.9. The Labute approximate surface area is 187 Å². The van der Waals surface area contributed by atoms with Gasteiger partial charge >= 0.3 is 18.2 Å². The fourth-order valence-electron chi connectivity index (χ4n) is 4.00. The number of benzene rings is 1. The third kappa shape index (κ3) is 4.18. The molecule has 0 saturated carbocycles. The monoisotopic (exact) mass is 452 g/mol. The Bertz CT molecular complexity index is 906. The van der Waals surface area contributed by atoms with Gasteiger partial charge < -0.3 is 14.2 Å². The summed E-state index contributed by atoms with van der Waals surface area (Å²) in [7, 11) is 1.24. The van der Waals surface area contributed by atoms with E-state index in [-0.39, 0.29) is 6.42 Å². The lowest BCUT2D eigenvalue weighted by Crippen LogP contribution is -2.57. The Balaban J connectivity index is 2.15. The number of para-hydroxylation sites is 1. The number of halogens is 1. The normalized spacial score (nSPS) is 25.0. The first-order chi connectivity index (χ1) is 14.2. The molecule has 2 amide bonds. The average molecular weight is 453 g/mol. The molecule has 0 N–H and O–H groups in total. The van der Waals surface area contributed by atoms with Gasteiger partial charge in [-0.1, -0.05) is 18.2 Å². The lowest BCUT2D eigenvalue weighted by Gasteiger charge is -2.37. The van der Waals surface area contributed by atoms with Crippen LogP contribution in [0.15, 0.2) is 24.3 Å². The van der Waals surface area contributed by atoms with Crippen molar-refractivity contribution in [2.45, 2.75) is 76.2 Å². The van der Waals surface area contributed by atoms with E-state index in [0.717, 1.165) is 0 Å². The summed E-state index contributed by atoms with van der Waals surface area (Å²) in [5.41, 5.74) is -0.445. The SMILES string of the molecule is COC(=O)[C@@H]1C[C@]2(Cl)c3ccccc3N(C(=O)OC(C)(C)C)[C@@H]2N1C(=O)OC(C)(C)C. The number of esters is 1. The van der Waals surface area contributed by atoms with Crippen molar-refractivity contribution in [1.82, 2.24) is 4.90 Å². The third-order valence-electron chi connectivity index (χ3n) is 5.02. The Morgan fingerprint density at radius 3 is 2.10 bits per heavy atom. The Hall–Kier alpha value is -2.48. The highest BCUT2D eigenvalue weighted by Crippen LogP contribution is 2.57. The Kier molecular flexibility index (Phi) is 5.67. The predicted octanol–water partition coefficient (Wildman–Crippen LogP) is 4.38. The Morgan fingerprint density at radius 1 is 1.00 bits per heavy atom. The van der Waals surface area contributed by atoms with Crippen molar-refractivity contribution in [3.8, 4) is 0 Å². The van der Waals surface area contributed by atoms with Crippen molar-refractivity contribution in [3.05, 3.63) is 29.8 Å². The molecule has 0 aromatic heterocycles. The lowest BCUT2D eigenvalue weighted by molar-refractivity contribution is -0.146. The zero-order chi connectivity index (χ0) is 23.4. The molecule has 170 valence electrons. The van der Waals surface area contributed by atoms with Crippen LogP contribution in [0.1, 0.15) is 53.5 Å². The number of anilines is 1. The summed E-state index contributed by atoms with van der Waals surface area (Å²) in [5.74, 6) is -0.637. The molecule has 9 heteroatoms. The van der Waals surface area contributed by atoms with E-state index in [1.165, 1.54) is 16.9 Å². The van der Waals surface area contributed by atoms with Gasteiger partial charge in [-0.05, 0) is 47.6 Å². The molecule has 3 rings (SSSR count). The van der Waals surface area contributed by atoms with Gasteiger partial charge in [-0.25, -0.2) is 14.4 Å². The number of rotatable bonds is 1. The van der Waals surface area contributed by atoms with E-state index in [1.807, 2.05) is 0 Å². The molecule has 8 nitrogen and oxygen atoms in total. The number of nitrogens with zero attached hydrogens (tertiary/aromatic N) is 2. The molecule has 0 bridgehead atoms. The maximum absolute atomic E-state index is 13.3. The maximum Gasteiger partial charge on any atom is 0.416 e. The molecular weight excluding hydrogens is 424 g/mol. The molecule has 31 heavy (non-hydrogen) atoms. The molecule has 2 aliphatic heterocycles. The summed E-state index contributed by atoms with van der Waals surface area (Å²) in [6.07, 6.45) is -2.41. The third-order valence-corrected chi connectivity index (χ3v) is 5.58. The fraction of sp³-hybridized carbons (Fsp3) is 0.591. The minimum atomic E-state index is -1.23. The van der Waals surface area contributed by atoms with Gasteiger partial charge in [0.05, 0.1) is 12.8 Å². The quantitative estimate of drug-likeness (QED) is 0.357. The number of hydrogen-bond donors (Lipinski definition) is 0. The van der Waals surface area contributed by atoms with Crippen molar-refractivity contribution in [2.24, 2.45) is 0 Å². The highest BCUT2D eigenvalue weighted by molar-refractivity contribution is 6.27. The summed E-state index contributed by atoms with van der Waals surface area (Å²) in [6.45, 7) is 10.4. The van der Waals surface area contributed by atoms with Gasteiger partial charge in [0.15, 0.2) is 0 Å². The second kappa shape index (κ2) is 7.58. The van der Waals surface area contributed by atoms with Crippen LogP contribution in [-0.2, 0) is 23.9 Å². The number of amides is 2. The number of carbonyl (C=O) groups is 3. The van der Waals surface area contributed by atoms with Crippen LogP contribution in [0.2, 0.25) is 0 Å². The minimum absolute atomic E-state index is 0.0570. The number of methoxy groups -OCH3 is 1. The van der Waals surface area contributed by atoms with E-state index in [0.29, 0.717) is 11.3 Å². The van der Waals surface area contributed by atoms with Crippen LogP contribution >= 0.6 is 11.6 Å². The molecule has 2 heterocycles. The van der Waals surface area contributed by atoms with Gasteiger partial charge in [0.2, 0.25) is 0 Å². The first kappa shape index (κ1) is 23.2. The number of carbonyl (C=O) groups excluding carboxylic acids is 3. The molecule has 3 atom stereocenters. The van der Waals surface area contributed by atoms with Gasteiger partial charge in [-0.3, -0.25) is 9.80 Å². The highest BCUT2D eigenvalue weighted by atomic mass is 35.5. The van der Waals surface area contributed by atoms with E-state index in [2.05, 4.69) is 0 Å². The number of alkyl halides is 1. The van der Waals surface area contributed by atoms with Crippen molar-refractivity contribution < 1.29 is 28.6 Å². The average Bonchev–Trinajstić information content (AvgIpc) is 3.05. The van der Waals surface area contributed by atoms with Gasteiger partial charge in [-0.2, -0.15) is 0 Å². The van der Waals surface area contributed by atoms with Crippen LogP contribution in [0, 0.1) is 0 Å². The van der Waals surface area contributed by atoms with E-state index in [4.69, 9.17) is 25.8 Å². The summed E-state index contributed by atoms with van der Waals surface area (Å²) in [5, 5.41) is 0. The van der Waals surface area contributed by atoms with Crippen LogP contribution in [-0.4, -0.2) is 53.6 Å². The van der Waals surface area contributed by atoms with Crippen molar-refractivity contribution in [3.63, 3.8) is 0 Å². The van der Waals surface area contributed by atoms with Crippen LogP contribution < -0.4 is 4.90 Å². The molecule has 1 aromatic carbocycles. The van der Waals surface area contributed by atoms with E-state index < -0.39 is 46.4 Å². The molecule has 2 aliphatic rings. The van der Waals surface area contributed by atoms with Crippen LogP contribution in [0.3, 0.4) is 0 Å². The zero-order valence-corrected chi connectivity index (χ0v) is 19.6. The van der Waals surface area contributed by atoms with Crippen molar-refractivity contribution >= 4 is 35.4 Å².